The Kier molecular flexibility index (Phi) is 8.02. The summed E-state index contributed by atoms with van der Waals surface area (Å²) in [6.07, 6.45) is 5.12. The molecule has 0 aliphatic heterocycles. The fourth-order valence-electron chi connectivity index (χ4n) is 2.47. The minimum atomic E-state index is -0.256. The molecule has 7 heteroatoms. The van der Waals surface area contributed by atoms with Gasteiger partial charge < -0.3 is 10.3 Å². The van der Waals surface area contributed by atoms with Crippen LogP contribution in [0.3, 0.4) is 0 Å². The average Bonchev–Trinajstić information content (AvgIpc) is 3.08. The molecule has 142 valence electrons. The van der Waals surface area contributed by atoms with Crippen molar-refractivity contribution in [3.63, 3.8) is 0 Å². The van der Waals surface area contributed by atoms with Gasteiger partial charge in [-0.3, -0.25) is 4.79 Å². The monoisotopic (exact) mass is 436 g/mol. The number of halogens is 1. The molecule has 1 heterocycles. The second-order valence-electron chi connectivity index (χ2n) is 5.77. The van der Waals surface area contributed by atoms with E-state index < -0.39 is 0 Å². The van der Waals surface area contributed by atoms with Crippen molar-refractivity contribution in [1.29, 1.82) is 0 Å². The van der Waals surface area contributed by atoms with Gasteiger partial charge in [0.05, 0.1) is 0 Å². The molecule has 27 heavy (non-hydrogen) atoms. The van der Waals surface area contributed by atoms with E-state index in [1.165, 1.54) is 6.08 Å². The van der Waals surface area contributed by atoms with E-state index in [1.807, 2.05) is 62.5 Å². The largest absolute Gasteiger partial charge is 0.361 e. The predicted octanol–water partition coefficient (Wildman–Crippen LogP) is 6.24. The van der Waals surface area contributed by atoms with Crippen LogP contribution in [0, 0.1) is 0 Å². The number of hydrogen-bond donors (Lipinski definition) is 2. The van der Waals surface area contributed by atoms with Gasteiger partial charge in [0.25, 0.3) is 0 Å². The third kappa shape index (κ3) is 6.13. The quantitative estimate of drug-likeness (QED) is 0.369. The Labute approximate surface area is 172 Å². The summed E-state index contributed by atoms with van der Waals surface area (Å²) in [5.74, 6) is -0.187. The summed E-state index contributed by atoms with van der Waals surface area (Å²) in [6.45, 7) is 4.00. The number of fused-ring (bicyclic) bond motifs is 1. The van der Waals surface area contributed by atoms with Gasteiger partial charge in [0.15, 0.2) is 0 Å². The standard InChI is InChI=1S/C18H18ClN2OP3.C2H6/c19-15-9-11(1-4-14(15)18(23,24)25)2-6-17(22)21-13-3-5-16-12(10-13)7-8-20-16;1-2/h1-10,20H,23-25H2,(H,21,22);1-2H3/b6-2+;. The summed E-state index contributed by atoms with van der Waals surface area (Å²) in [4.78, 5) is 15.2. The minimum Gasteiger partial charge on any atom is -0.361 e. The Morgan fingerprint density at radius 1 is 1.11 bits per heavy atom. The van der Waals surface area contributed by atoms with E-state index >= 15 is 0 Å². The Morgan fingerprint density at radius 2 is 1.85 bits per heavy atom. The first-order chi connectivity index (χ1) is 12.8. The fraction of sp³-hybridized carbons (Fsp3) is 0.150. The van der Waals surface area contributed by atoms with Crippen molar-refractivity contribution in [3.8, 4) is 0 Å². The summed E-state index contributed by atoms with van der Waals surface area (Å²) in [7, 11) is 8.13. The van der Waals surface area contributed by atoms with Crippen molar-refractivity contribution in [2.24, 2.45) is 0 Å². The van der Waals surface area contributed by atoms with Crippen LogP contribution in [0.4, 0.5) is 5.69 Å². The van der Waals surface area contributed by atoms with Crippen molar-refractivity contribution < 1.29 is 4.79 Å². The summed E-state index contributed by atoms with van der Waals surface area (Å²) in [5.41, 5.74) is 3.65. The van der Waals surface area contributed by atoms with E-state index in [-0.39, 0.29) is 10.5 Å². The Morgan fingerprint density at radius 3 is 2.52 bits per heavy atom. The zero-order valence-corrected chi connectivity index (χ0v) is 19.5. The highest BCUT2D eigenvalue weighted by Crippen LogP contribution is 2.47. The molecule has 1 aromatic heterocycles. The van der Waals surface area contributed by atoms with E-state index in [1.54, 1.807) is 6.08 Å². The van der Waals surface area contributed by atoms with Crippen molar-refractivity contribution in [3.05, 3.63) is 70.9 Å². The van der Waals surface area contributed by atoms with E-state index in [2.05, 4.69) is 38.0 Å². The first-order valence-corrected chi connectivity index (χ1v) is 10.7. The van der Waals surface area contributed by atoms with Gasteiger partial charge in [-0.05, 0) is 47.5 Å². The molecule has 3 unspecified atom stereocenters. The zero-order valence-electron chi connectivity index (χ0n) is 15.3. The number of carbonyl (C=O) groups excluding carboxylic acids is 1. The van der Waals surface area contributed by atoms with Crippen LogP contribution in [0.25, 0.3) is 17.0 Å². The smallest absolute Gasteiger partial charge is 0.248 e. The molecule has 0 fully saturated rings. The minimum absolute atomic E-state index is 0.187. The van der Waals surface area contributed by atoms with Gasteiger partial charge in [0.2, 0.25) is 5.91 Å². The molecule has 0 bridgehead atoms. The normalized spacial score (nSPS) is 11.3. The average molecular weight is 437 g/mol. The molecule has 0 aliphatic carbocycles. The molecule has 3 rings (SSSR count). The summed E-state index contributed by atoms with van der Waals surface area (Å²) >= 11 is 6.33. The van der Waals surface area contributed by atoms with Crippen molar-refractivity contribution in [2.45, 2.75) is 18.5 Å². The lowest BCUT2D eigenvalue weighted by Crippen LogP contribution is -2.07. The lowest BCUT2D eigenvalue weighted by molar-refractivity contribution is -0.111. The van der Waals surface area contributed by atoms with Gasteiger partial charge in [-0.2, -0.15) is 0 Å². The van der Waals surface area contributed by atoms with Gasteiger partial charge in [-0.1, -0.05) is 37.6 Å². The fourth-order valence-corrected chi connectivity index (χ4v) is 3.86. The van der Waals surface area contributed by atoms with E-state index in [9.17, 15) is 4.79 Å². The molecule has 3 aromatic rings. The van der Waals surface area contributed by atoms with Crippen molar-refractivity contribution in [2.75, 3.05) is 5.32 Å². The topological polar surface area (TPSA) is 44.9 Å². The lowest BCUT2D eigenvalue weighted by atomic mass is 10.1. The van der Waals surface area contributed by atoms with Crippen LogP contribution in [0.2, 0.25) is 5.02 Å². The molecule has 3 nitrogen and oxygen atoms in total. The molecule has 0 saturated heterocycles. The Bertz CT molecular complexity index is 961. The van der Waals surface area contributed by atoms with Crippen LogP contribution in [0.15, 0.2) is 54.7 Å². The molecule has 0 aliphatic rings. The van der Waals surface area contributed by atoms with Gasteiger partial charge in [-0.25, -0.2) is 0 Å². The number of aromatic amines is 1. The molecule has 3 atom stereocenters. The van der Waals surface area contributed by atoms with Crippen LogP contribution in [0.1, 0.15) is 25.0 Å². The third-order valence-electron chi connectivity index (χ3n) is 3.71. The second-order valence-corrected chi connectivity index (χ2v) is 11.0. The van der Waals surface area contributed by atoms with E-state index in [0.29, 0.717) is 5.02 Å². The number of benzene rings is 2. The Balaban J connectivity index is 0.00000126. The summed E-state index contributed by atoms with van der Waals surface area (Å²) in [5, 5.41) is 4.57. The first kappa shape index (κ1) is 22.1. The first-order valence-electron chi connectivity index (χ1n) is 8.56. The molecular formula is C20H24ClN2OP3. The van der Waals surface area contributed by atoms with Crippen LogP contribution in [-0.2, 0) is 9.43 Å². The number of rotatable bonds is 4. The molecule has 0 saturated carbocycles. The number of anilines is 1. The number of H-pyrrole nitrogens is 1. The number of aromatic nitrogens is 1. The second kappa shape index (κ2) is 9.81. The highest BCUT2D eigenvalue weighted by atomic mass is 35.5. The maximum absolute atomic E-state index is 12.1. The molecule has 2 aromatic carbocycles. The molecule has 0 radical (unpaired) electrons. The van der Waals surface area contributed by atoms with Crippen LogP contribution < -0.4 is 5.32 Å². The number of carbonyl (C=O) groups is 1. The molecule has 2 N–H and O–H groups in total. The van der Waals surface area contributed by atoms with Gasteiger partial charge in [0.1, 0.15) is 0 Å². The van der Waals surface area contributed by atoms with Crippen LogP contribution in [0.5, 0.6) is 0 Å². The molecule has 0 spiro atoms. The summed E-state index contributed by atoms with van der Waals surface area (Å²) in [6, 6.07) is 13.4. The van der Waals surface area contributed by atoms with Gasteiger partial charge in [0, 0.05) is 38.5 Å². The van der Waals surface area contributed by atoms with Gasteiger partial charge in [-0.15, -0.1) is 27.7 Å². The number of hydrogen-bond acceptors (Lipinski definition) is 1. The van der Waals surface area contributed by atoms with E-state index in [4.69, 9.17) is 11.6 Å². The maximum atomic E-state index is 12.1. The summed E-state index contributed by atoms with van der Waals surface area (Å²) < 4.78 is -0.256. The zero-order chi connectivity index (χ0) is 20.0. The van der Waals surface area contributed by atoms with Crippen molar-refractivity contribution in [1.82, 2.24) is 4.98 Å². The highest BCUT2D eigenvalue weighted by molar-refractivity contribution is 7.56. The molecular weight excluding hydrogens is 413 g/mol. The Hall–Kier alpha value is -1.23. The number of amides is 1. The predicted molar refractivity (Wildman–Crippen MR) is 130 cm³/mol. The number of nitrogens with one attached hydrogen (secondary N) is 2. The maximum Gasteiger partial charge on any atom is 0.248 e. The van der Waals surface area contributed by atoms with E-state index in [0.717, 1.165) is 27.7 Å². The SMILES string of the molecule is CC.O=C(/C=C/c1ccc(C(P)(P)P)c(Cl)c1)Nc1ccc2[nH]ccc2c1. The van der Waals surface area contributed by atoms with Crippen molar-refractivity contribution >= 4 is 67.9 Å². The molecule has 1 amide bonds. The van der Waals surface area contributed by atoms with Gasteiger partial charge >= 0.3 is 0 Å². The van der Waals surface area contributed by atoms with Crippen LogP contribution >= 0.6 is 39.3 Å². The lowest BCUT2D eigenvalue weighted by Gasteiger charge is -2.20. The highest BCUT2D eigenvalue weighted by Gasteiger charge is 2.17. The third-order valence-corrected chi connectivity index (χ3v) is 4.95. The van der Waals surface area contributed by atoms with Crippen LogP contribution in [-0.4, -0.2) is 10.9 Å².